The third-order valence-corrected chi connectivity index (χ3v) is 4.42. The molecule has 0 saturated carbocycles. The highest BCUT2D eigenvalue weighted by molar-refractivity contribution is 6.42. The van der Waals surface area contributed by atoms with Crippen LogP contribution in [0.3, 0.4) is 0 Å². The molecule has 2 N–H and O–H groups in total. The lowest BCUT2D eigenvalue weighted by atomic mass is 10.2. The minimum Gasteiger partial charge on any atom is -0.378 e. The zero-order valence-corrected chi connectivity index (χ0v) is 14.4. The number of halogens is 2. The van der Waals surface area contributed by atoms with E-state index in [2.05, 4.69) is 15.5 Å². The molecule has 0 unspecified atom stereocenters. The minimum absolute atomic E-state index is 0.339. The zero-order valence-electron chi connectivity index (χ0n) is 12.9. The highest BCUT2D eigenvalue weighted by Gasteiger charge is 2.15. The van der Waals surface area contributed by atoms with E-state index in [-0.39, 0.29) is 6.03 Å². The smallest absolute Gasteiger partial charge is 0.323 e. The molecule has 2 aromatic carbocycles. The van der Waals surface area contributed by atoms with Crippen LogP contribution in [0.4, 0.5) is 21.9 Å². The summed E-state index contributed by atoms with van der Waals surface area (Å²) in [6.45, 7) is 2.97. The Balaban J connectivity index is 1.71. The molecule has 1 heterocycles. The summed E-state index contributed by atoms with van der Waals surface area (Å²) in [4.78, 5) is 14.5. The van der Waals surface area contributed by atoms with Gasteiger partial charge >= 0.3 is 6.03 Å². The topological polar surface area (TPSA) is 53.6 Å². The Morgan fingerprint density at radius 2 is 1.75 bits per heavy atom. The number of nitrogens with zero attached hydrogens (tertiary/aromatic N) is 1. The van der Waals surface area contributed by atoms with Gasteiger partial charge in [-0.05, 0) is 30.3 Å². The third-order valence-electron chi connectivity index (χ3n) is 3.68. The minimum atomic E-state index is -0.339. The number of urea groups is 1. The number of carbonyl (C=O) groups excluding carboxylic acids is 1. The molecule has 1 aliphatic rings. The fourth-order valence-corrected chi connectivity index (χ4v) is 2.82. The van der Waals surface area contributed by atoms with Crippen LogP contribution < -0.4 is 15.5 Å². The molecule has 0 radical (unpaired) electrons. The van der Waals surface area contributed by atoms with Gasteiger partial charge in [0.25, 0.3) is 0 Å². The molecule has 126 valence electrons. The van der Waals surface area contributed by atoms with E-state index in [1.165, 1.54) is 0 Å². The summed E-state index contributed by atoms with van der Waals surface area (Å²) >= 11 is 11.8. The first-order valence-corrected chi connectivity index (χ1v) is 8.34. The number of para-hydroxylation sites is 2. The number of hydrogen-bond donors (Lipinski definition) is 2. The second kappa shape index (κ2) is 7.75. The lowest BCUT2D eigenvalue weighted by molar-refractivity contribution is 0.123. The van der Waals surface area contributed by atoms with E-state index < -0.39 is 0 Å². The fourth-order valence-electron chi connectivity index (χ4n) is 2.52. The molecular formula is C17H17Cl2N3O2. The Labute approximate surface area is 150 Å². The monoisotopic (exact) mass is 365 g/mol. The third kappa shape index (κ3) is 4.12. The van der Waals surface area contributed by atoms with Crippen LogP contribution in [0.15, 0.2) is 42.5 Å². The molecule has 7 heteroatoms. The van der Waals surface area contributed by atoms with E-state index in [9.17, 15) is 4.79 Å². The molecule has 0 aromatic heterocycles. The number of hydrogen-bond acceptors (Lipinski definition) is 3. The van der Waals surface area contributed by atoms with Crippen LogP contribution in [0.5, 0.6) is 0 Å². The van der Waals surface area contributed by atoms with Crippen molar-refractivity contribution >= 4 is 46.3 Å². The van der Waals surface area contributed by atoms with E-state index in [1.807, 2.05) is 24.3 Å². The van der Waals surface area contributed by atoms with Crippen molar-refractivity contribution in [2.45, 2.75) is 0 Å². The molecule has 1 saturated heterocycles. The fraction of sp³-hybridized carbons (Fsp3) is 0.235. The van der Waals surface area contributed by atoms with Crippen LogP contribution in [-0.4, -0.2) is 32.3 Å². The van der Waals surface area contributed by atoms with Crippen LogP contribution in [0, 0.1) is 0 Å². The summed E-state index contributed by atoms with van der Waals surface area (Å²) in [6.07, 6.45) is 0. The van der Waals surface area contributed by atoms with Gasteiger partial charge in [0.05, 0.1) is 34.6 Å². The summed E-state index contributed by atoms with van der Waals surface area (Å²) in [5.74, 6) is 0. The average Bonchev–Trinajstić information content (AvgIpc) is 2.59. The average molecular weight is 366 g/mol. The van der Waals surface area contributed by atoms with Crippen molar-refractivity contribution < 1.29 is 9.53 Å². The van der Waals surface area contributed by atoms with Gasteiger partial charge in [0, 0.05) is 18.8 Å². The van der Waals surface area contributed by atoms with Crippen molar-refractivity contribution in [2.24, 2.45) is 0 Å². The summed E-state index contributed by atoms with van der Waals surface area (Å²) in [5, 5.41) is 6.47. The maximum Gasteiger partial charge on any atom is 0.323 e. The predicted molar refractivity (Wildman–Crippen MR) is 98.6 cm³/mol. The number of rotatable bonds is 3. The van der Waals surface area contributed by atoms with Crippen LogP contribution in [0.2, 0.25) is 10.0 Å². The van der Waals surface area contributed by atoms with Crippen molar-refractivity contribution in [1.29, 1.82) is 0 Å². The van der Waals surface area contributed by atoms with Gasteiger partial charge < -0.3 is 20.3 Å². The van der Waals surface area contributed by atoms with Gasteiger partial charge in [0.1, 0.15) is 0 Å². The van der Waals surface area contributed by atoms with Gasteiger partial charge in [-0.15, -0.1) is 0 Å². The van der Waals surface area contributed by atoms with Crippen LogP contribution in [0.1, 0.15) is 0 Å². The number of anilines is 3. The first-order chi connectivity index (χ1) is 11.6. The largest absolute Gasteiger partial charge is 0.378 e. The molecule has 0 spiro atoms. The van der Waals surface area contributed by atoms with Crippen molar-refractivity contribution in [2.75, 3.05) is 41.8 Å². The van der Waals surface area contributed by atoms with Crippen molar-refractivity contribution in [3.8, 4) is 0 Å². The lowest BCUT2D eigenvalue weighted by Crippen LogP contribution is -2.36. The molecule has 0 aliphatic carbocycles. The Hall–Kier alpha value is -1.95. The van der Waals surface area contributed by atoms with Gasteiger partial charge in [0.2, 0.25) is 0 Å². The van der Waals surface area contributed by atoms with E-state index >= 15 is 0 Å². The van der Waals surface area contributed by atoms with E-state index in [0.29, 0.717) is 28.9 Å². The van der Waals surface area contributed by atoms with E-state index in [1.54, 1.807) is 18.2 Å². The summed E-state index contributed by atoms with van der Waals surface area (Å²) in [7, 11) is 0. The first-order valence-electron chi connectivity index (χ1n) is 7.58. The number of ether oxygens (including phenoxy) is 1. The van der Waals surface area contributed by atoms with Crippen molar-refractivity contribution in [3.05, 3.63) is 52.5 Å². The Kier molecular flexibility index (Phi) is 5.45. The molecule has 24 heavy (non-hydrogen) atoms. The number of benzene rings is 2. The number of morpholine rings is 1. The maximum absolute atomic E-state index is 12.3. The lowest BCUT2D eigenvalue weighted by Gasteiger charge is -2.30. The highest BCUT2D eigenvalue weighted by atomic mass is 35.5. The SMILES string of the molecule is O=C(Nc1ccc(Cl)c(Cl)c1)Nc1ccccc1N1CCOCC1. The summed E-state index contributed by atoms with van der Waals surface area (Å²) in [5.41, 5.74) is 2.30. The summed E-state index contributed by atoms with van der Waals surface area (Å²) in [6, 6.07) is 12.3. The van der Waals surface area contributed by atoms with Gasteiger partial charge in [0.15, 0.2) is 0 Å². The second-order valence-corrected chi connectivity index (χ2v) is 6.14. The van der Waals surface area contributed by atoms with Crippen LogP contribution in [0.25, 0.3) is 0 Å². The van der Waals surface area contributed by atoms with Gasteiger partial charge in [-0.1, -0.05) is 35.3 Å². The highest BCUT2D eigenvalue weighted by Crippen LogP contribution is 2.27. The molecule has 5 nitrogen and oxygen atoms in total. The second-order valence-electron chi connectivity index (χ2n) is 5.32. The molecule has 0 bridgehead atoms. The standard InChI is InChI=1S/C17H17Cl2N3O2/c18-13-6-5-12(11-14(13)19)20-17(23)21-15-3-1-2-4-16(15)22-7-9-24-10-8-22/h1-6,11H,7-10H2,(H2,20,21,23). The zero-order chi connectivity index (χ0) is 16.9. The van der Waals surface area contributed by atoms with Crippen molar-refractivity contribution in [3.63, 3.8) is 0 Å². The molecule has 1 aliphatic heterocycles. The maximum atomic E-state index is 12.3. The Bertz CT molecular complexity index is 734. The van der Waals surface area contributed by atoms with E-state index in [0.717, 1.165) is 24.5 Å². The van der Waals surface area contributed by atoms with Crippen molar-refractivity contribution in [1.82, 2.24) is 0 Å². The van der Waals surface area contributed by atoms with Gasteiger partial charge in [-0.25, -0.2) is 4.79 Å². The molecule has 3 rings (SSSR count). The van der Waals surface area contributed by atoms with Gasteiger partial charge in [-0.3, -0.25) is 0 Å². The molecular weight excluding hydrogens is 349 g/mol. The number of amides is 2. The molecule has 1 fully saturated rings. The van der Waals surface area contributed by atoms with Crippen LogP contribution >= 0.6 is 23.2 Å². The molecule has 2 aromatic rings. The number of nitrogens with one attached hydrogen (secondary N) is 2. The molecule has 0 atom stereocenters. The number of carbonyl (C=O) groups is 1. The van der Waals surface area contributed by atoms with Gasteiger partial charge in [-0.2, -0.15) is 0 Å². The van der Waals surface area contributed by atoms with E-state index in [4.69, 9.17) is 27.9 Å². The Morgan fingerprint density at radius 3 is 2.50 bits per heavy atom. The Morgan fingerprint density at radius 1 is 1.00 bits per heavy atom. The van der Waals surface area contributed by atoms with Crippen LogP contribution in [-0.2, 0) is 4.74 Å². The quantitative estimate of drug-likeness (QED) is 0.843. The first kappa shape index (κ1) is 16.9. The predicted octanol–water partition coefficient (Wildman–Crippen LogP) is 4.47. The molecule has 2 amide bonds. The summed E-state index contributed by atoms with van der Waals surface area (Å²) < 4.78 is 5.38. The normalized spacial score (nSPS) is 14.3.